The van der Waals surface area contributed by atoms with Crippen LogP contribution in [0.2, 0.25) is 5.02 Å². The maximum atomic E-state index is 13.8. The number of aromatic nitrogens is 2. The predicted molar refractivity (Wildman–Crippen MR) is 69.3 cm³/mol. The fourth-order valence-electron chi connectivity index (χ4n) is 1.33. The number of rotatable bonds is 2. The van der Waals surface area contributed by atoms with E-state index in [9.17, 15) is 9.18 Å². The summed E-state index contributed by atoms with van der Waals surface area (Å²) in [5.41, 5.74) is 0.674. The first-order valence-corrected chi connectivity index (χ1v) is 6.14. The Morgan fingerprint density at radius 3 is 2.56 bits per heavy atom. The van der Waals surface area contributed by atoms with Crippen molar-refractivity contribution in [3.05, 3.63) is 56.8 Å². The maximum absolute atomic E-state index is 13.8. The molecule has 0 amide bonds. The van der Waals surface area contributed by atoms with Gasteiger partial charge in [0, 0.05) is 16.9 Å². The third-order valence-electron chi connectivity index (χ3n) is 2.26. The van der Waals surface area contributed by atoms with Crippen LogP contribution in [0.3, 0.4) is 0 Å². The molecule has 1 aromatic carbocycles. The van der Waals surface area contributed by atoms with Gasteiger partial charge in [-0.15, -0.1) is 0 Å². The smallest absolute Gasteiger partial charge is 0.233 e. The van der Waals surface area contributed by atoms with E-state index in [1.54, 1.807) is 6.92 Å². The fraction of sp³-hybridized carbons (Fsp3) is 0.0833. The second-order valence-electron chi connectivity index (χ2n) is 3.64. The number of ketones is 1. The molecule has 2 rings (SSSR count). The van der Waals surface area contributed by atoms with Crippen LogP contribution in [0, 0.1) is 12.7 Å². The number of hydrogen-bond donors (Lipinski definition) is 0. The van der Waals surface area contributed by atoms with Gasteiger partial charge < -0.3 is 0 Å². The van der Waals surface area contributed by atoms with E-state index in [0.717, 1.165) is 5.56 Å². The van der Waals surface area contributed by atoms with Crippen LogP contribution in [0.4, 0.5) is 4.39 Å². The largest absolute Gasteiger partial charge is 0.285 e. The molecule has 0 atom stereocenters. The van der Waals surface area contributed by atoms with Crippen molar-refractivity contribution in [2.75, 3.05) is 0 Å². The van der Waals surface area contributed by atoms with Gasteiger partial charge in [0.05, 0.1) is 10.6 Å². The molecule has 0 spiro atoms. The van der Waals surface area contributed by atoms with E-state index < -0.39 is 11.6 Å². The molecule has 0 aliphatic heterocycles. The second kappa shape index (κ2) is 5.12. The fourth-order valence-corrected chi connectivity index (χ4v) is 1.80. The minimum Gasteiger partial charge on any atom is -0.285 e. The van der Waals surface area contributed by atoms with E-state index in [1.165, 1.54) is 24.5 Å². The molecule has 18 heavy (non-hydrogen) atoms. The van der Waals surface area contributed by atoms with Gasteiger partial charge in [0.2, 0.25) is 11.6 Å². The molecule has 0 N–H and O–H groups in total. The molecule has 0 radical (unpaired) electrons. The Morgan fingerprint density at radius 2 is 1.94 bits per heavy atom. The van der Waals surface area contributed by atoms with Gasteiger partial charge in [-0.05, 0) is 40.5 Å². The number of hydrogen-bond acceptors (Lipinski definition) is 3. The highest BCUT2D eigenvalue weighted by Crippen LogP contribution is 2.28. The van der Waals surface area contributed by atoms with Crippen molar-refractivity contribution in [2.45, 2.75) is 6.92 Å². The summed E-state index contributed by atoms with van der Waals surface area (Å²) < 4.78 is 14.2. The van der Waals surface area contributed by atoms with Crippen LogP contribution in [0.15, 0.2) is 29.0 Å². The zero-order valence-corrected chi connectivity index (χ0v) is 11.6. The Bertz CT molecular complexity index is 616. The van der Waals surface area contributed by atoms with Crippen LogP contribution in [0.5, 0.6) is 0 Å². The highest BCUT2D eigenvalue weighted by molar-refractivity contribution is 9.10. The first kappa shape index (κ1) is 13.1. The highest BCUT2D eigenvalue weighted by atomic mass is 79.9. The monoisotopic (exact) mass is 328 g/mol. The lowest BCUT2D eigenvalue weighted by molar-refractivity contribution is 0.102. The molecular formula is C12H7BrClFN2O. The number of nitrogens with zero attached hydrogens (tertiary/aromatic N) is 2. The molecule has 1 aromatic heterocycles. The molecule has 1 heterocycles. The summed E-state index contributed by atoms with van der Waals surface area (Å²) in [4.78, 5) is 19.7. The molecule has 0 unspecified atom stereocenters. The molecule has 0 saturated heterocycles. The minimum atomic E-state index is -0.778. The Hall–Kier alpha value is -1.33. The summed E-state index contributed by atoms with van der Waals surface area (Å²) >= 11 is 8.81. The maximum Gasteiger partial charge on any atom is 0.233 e. The van der Waals surface area contributed by atoms with E-state index in [1.807, 2.05) is 0 Å². The average molecular weight is 330 g/mol. The quantitative estimate of drug-likeness (QED) is 0.625. The van der Waals surface area contributed by atoms with Crippen molar-refractivity contribution in [2.24, 2.45) is 0 Å². The van der Waals surface area contributed by atoms with Gasteiger partial charge in [-0.1, -0.05) is 11.6 Å². The molecule has 0 saturated carbocycles. The molecule has 0 bridgehead atoms. The van der Waals surface area contributed by atoms with E-state index in [4.69, 9.17) is 11.6 Å². The van der Waals surface area contributed by atoms with Gasteiger partial charge in [0.25, 0.3) is 0 Å². The molecule has 0 fully saturated rings. The lowest BCUT2D eigenvalue weighted by Gasteiger charge is -2.04. The Balaban J connectivity index is 2.46. The van der Waals surface area contributed by atoms with E-state index in [0.29, 0.717) is 4.47 Å². The summed E-state index contributed by atoms with van der Waals surface area (Å²) in [6, 6.07) is 2.85. The van der Waals surface area contributed by atoms with Gasteiger partial charge in [0.15, 0.2) is 5.82 Å². The summed E-state index contributed by atoms with van der Waals surface area (Å²) in [5.74, 6) is -1.43. The third-order valence-corrected chi connectivity index (χ3v) is 3.52. The predicted octanol–water partition coefficient (Wildman–Crippen LogP) is 3.57. The first-order valence-electron chi connectivity index (χ1n) is 4.97. The molecular weight excluding hydrogens is 322 g/mol. The Labute approximate surface area is 116 Å². The number of halogens is 3. The van der Waals surface area contributed by atoms with E-state index >= 15 is 0 Å². The van der Waals surface area contributed by atoms with Gasteiger partial charge in [-0.2, -0.15) is 0 Å². The van der Waals surface area contributed by atoms with Crippen molar-refractivity contribution in [3.8, 4) is 0 Å². The standard InChI is InChI=1S/C12H7BrClFN2O/c1-6-4-16-12(17-5-6)11(18)7-2-3-8(13)9(14)10(7)15/h2-5H,1H3. The van der Waals surface area contributed by atoms with Crippen LogP contribution in [0.25, 0.3) is 0 Å². The lowest BCUT2D eigenvalue weighted by Crippen LogP contribution is -2.09. The van der Waals surface area contributed by atoms with Gasteiger partial charge >= 0.3 is 0 Å². The minimum absolute atomic E-state index is 0.0575. The van der Waals surface area contributed by atoms with Crippen LogP contribution in [-0.2, 0) is 0 Å². The zero-order valence-electron chi connectivity index (χ0n) is 9.25. The Morgan fingerprint density at radius 1 is 1.33 bits per heavy atom. The van der Waals surface area contributed by atoms with Gasteiger partial charge in [0.1, 0.15) is 0 Å². The van der Waals surface area contributed by atoms with Crippen LogP contribution >= 0.6 is 27.5 Å². The van der Waals surface area contributed by atoms with E-state index in [-0.39, 0.29) is 16.4 Å². The summed E-state index contributed by atoms with van der Waals surface area (Å²) in [6.45, 7) is 1.80. The van der Waals surface area contributed by atoms with Gasteiger partial charge in [-0.25, -0.2) is 14.4 Å². The topological polar surface area (TPSA) is 42.9 Å². The number of carbonyl (C=O) groups excluding carboxylic acids is 1. The normalized spacial score (nSPS) is 10.4. The lowest BCUT2D eigenvalue weighted by atomic mass is 10.1. The van der Waals surface area contributed by atoms with Crippen LogP contribution in [0.1, 0.15) is 21.7 Å². The Kier molecular flexibility index (Phi) is 3.73. The van der Waals surface area contributed by atoms with Crippen molar-refractivity contribution < 1.29 is 9.18 Å². The molecule has 0 aliphatic carbocycles. The zero-order chi connectivity index (χ0) is 13.3. The van der Waals surface area contributed by atoms with Gasteiger partial charge in [-0.3, -0.25) is 4.79 Å². The number of benzene rings is 1. The number of carbonyl (C=O) groups is 1. The van der Waals surface area contributed by atoms with E-state index in [2.05, 4.69) is 25.9 Å². The second-order valence-corrected chi connectivity index (χ2v) is 4.87. The molecule has 6 heteroatoms. The molecule has 3 nitrogen and oxygen atoms in total. The summed E-state index contributed by atoms with van der Waals surface area (Å²) in [6.07, 6.45) is 3.00. The average Bonchev–Trinajstić information content (AvgIpc) is 2.36. The summed E-state index contributed by atoms with van der Waals surface area (Å²) in [5, 5.41) is -0.132. The molecule has 92 valence electrons. The SMILES string of the molecule is Cc1cnc(C(=O)c2ccc(Br)c(Cl)c2F)nc1. The first-order chi connectivity index (χ1) is 8.50. The molecule has 0 aliphatic rings. The van der Waals surface area contributed by atoms with Crippen LogP contribution < -0.4 is 0 Å². The van der Waals surface area contributed by atoms with Crippen molar-refractivity contribution >= 4 is 33.3 Å². The van der Waals surface area contributed by atoms with Crippen molar-refractivity contribution in [1.29, 1.82) is 0 Å². The van der Waals surface area contributed by atoms with Crippen molar-refractivity contribution in [1.82, 2.24) is 9.97 Å². The number of aryl methyl sites for hydroxylation is 1. The third kappa shape index (κ3) is 2.42. The van der Waals surface area contributed by atoms with Crippen LogP contribution in [-0.4, -0.2) is 15.8 Å². The highest BCUT2D eigenvalue weighted by Gasteiger charge is 2.19. The summed E-state index contributed by atoms with van der Waals surface area (Å²) in [7, 11) is 0. The molecule has 2 aromatic rings. The van der Waals surface area contributed by atoms with Crippen molar-refractivity contribution in [3.63, 3.8) is 0 Å².